The van der Waals surface area contributed by atoms with Crippen LogP contribution in [-0.4, -0.2) is 109 Å². The fourth-order valence-electron chi connectivity index (χ4n) is 5.28. The lowest BCUT2D eigenvalue weighted by Crippen LogP contribution is -2.44. The van der Waals surface area contributed by atoms with Crippen LogP contribution < -0.4 is 15.5 Å². The number of hydrogen-bond acceptors (Lipinski definition) is 8. The first kappa shape index (κ1) is 29.6. The average Bonchev–Trinajstić information content (AvgIpc) is 3.49. The third-order valence-corrected chi connectivity index (χ3v) is 7.80. The zero-order valence-corrected chi connectivity index (χ0v) is 24.5. The largest absolute Gasteiger partial charge is 0.379 e. The van der Waals surface area contributed by atoms with Gasteiger partial charge in [-0.05, 0) is 75.3 Å². The number of nitrogens with zero attached hydrogens (tertiary/aromatic N) is 6. The third kappa shape index (κ3) is 7.12. The second kappa shape index (κ2) is 13.4. The van der Waals surface area contributed by atoms with Gasteiger partial charge in [0.05, 0.1) is 36.5 Å². The Morgan fingerprint density at radius 2 is 1.69 bits per heavy atom. The summed E-state index contributed by atoms with van der Waals surface area (Å²) in [6.45, 7) is 11.5. The molecule has 0 saturated carbocycles. The van der Waals surface area contributed by atoms with Crippen LogP contribution in [0.2, 0.25) is 0 Å². The zero-order valence-electron chi connectivity index (χ0n) is 24.5. The number of carbonyl (C=O) groups excluding carboxylic acids is 2. The average molecular weight is 579 g/mol. The maximum absolute atomic E-state index is 14.2. The minimum atomic E-state index is -0.329. The summed E-state index contributed by atoms with van der Waals surface area (Å²) in [6, 6.07) is 8.78. The number of piperazine rings is 1. The lowest BCUT2D eigenvalue weighted by molar-refractivity contribution is 0.0374. The number of nitrogens with one attached hydrogen (secondary N) is 2. The summed E-state index contributed by atoms with van der Waals surface area (Å²) in [5.41, 5.74) is 3.57. The lowest BCUT2D eigenvalue weighted by atomic mass is 10.1. The molecule has 2 saturated heterocycles. The first-order valence-electron chi connectivity index (χ1n) is 14.4. The Kier molecular flexibility index (Phi) is 9.45. The molecule has 0 unspecified atom stereocenters. The van der Waals surface area contributed by atoms with Gasteiger partial charge >= 0.3 is 0 Å². The van der Waals surface area contributed by atoms with Crippen LogP contribution in [0, 0.1) is 19.7 Å². The highest BCUT2D eigenvalue weighted by molar-refractivity contribution is 6.06. The van der Waals surface area contributed by atoms with Crippen LogP contribution in [0.1, 0.15) is 38.4 Å². The van der Waals surface area contributed by atoms with Crippen LogP contribution in [0.25, 0.3) is 5.69 Å². The molecule has 0 radical (unpaired) electrons. The van der Waals surface area contributed by atoms with Crippen LogP contribution in [0.5, 0.6) is 0 Å². The molecule has 2 aliphatic rings. The fraction of sp³-hybridized carbons (Fsp3) is 0.467. The van der Waals surface area contributed by atoms with Crippen molar-refractivity contribution >= 4 is 23.2 Å². The van der Waals surface area contributed by atoms with Crippen molar-refractivity contribution in [2.75, 3.05) is 82.8 Å². The number of carbonyl (C=O) groups is 2. The molecule has 0 spiro atoms. The molecule has 2 aromatic carbocycles. The minimum Gasteiger partial charge on any atom is -0.379 e. The number of likely N-dealkylation sites (N-methyl/N-ethyl adjacent to an activating group) is 1. The summed E-state index contributed by atoms with van der Waals surface area (Å²) in [6.07, 6.45) is 2.42. The van der Waals surface area contributed by atoms with Gasteiger partial charge in [0.25, 0.3) is 11.8 Å². The predicted octanol–water partition coefficient (Wildman–Crippen LogP) is 2.48. The summed E-state index contributed by atoms with van der Waals surface area (Å²) in [5.74, 6) is -0.924. The molecular formula is C30H39FN8O3. The second-order valence-electron chi connectivity index (χ2n) is 11.0. The lowest BCUT2D eigenvalue weighted by Gasteiger charge is -2.35. The van der Waals surface area contributed by atoms with Gasteiger partial charge in [0.1, 0.15) is 5.82 Å². The fourth-order valence-corrected chi connectivity index (χ4v) is 5.28. The number of benzene rings is 2. The van der Waals surface area contributed by atoms with E-state index in [-0.39, 0.29) is 23.3 Å². The Morgan fingerprint density at radius 1 is 0.976 bits per heavy atom. The van der Waals surface area contributed by atoms with Gasteiger partial charge in [-0.3, -0.25) is 14.5 Å². The van der Waals surface area contributed by atoms with E-state index in [2.05, 4.69) is 42.7 Å². The topological polar surface area (TPSA) is 108 Å². The van der Waals surface area contributed by atoms with Crippen LogP contribution in [0.3, 0.4) is 0 Å². The number of rotatable bonds is 9. The number of anilines is 2. The van der Waals surface area contributed by atoms with Crippen molar-refractivity contribution in [1.29, 1.82) is 0 Å². The predicted molar refractivity (Wildman–Crippen MR) is 159 cm³/mol. The van der Waals surface area contributed by atoms with Crippen LogP contribution >= 0.6 is 0 Å². The normalized spacial score (nSPS) is 16.4. The van der Waals surface area contributed by atoms with Crippen molar-refractivity contribution in [3.8, 4) is 5.69 Å². The van der Waals surface area contributed by atoms with E-state index in [9.17, 15) is 14.0 Å². The molecule has 0 atom stereocenters. The third-order valence-electron chi connectivity index (χ3n) is 7.80. The molecule has 2 amide bonds. The minimum absolute atomic E-state index is 0.215. The van der Waals surface area contributed by atoms with Crippen molar-refractivity contribution in [2.45, 2.75) is 20.3 Å². The Morgan fingerprint density at radius 3 is 2.40 bits per heavy atom. The summed E-state index contributed by atoms with van der Waals surface area (Å²) < 4.78 is 21.1. The van der Waals surface area contributed by atoms with Gasteiger partial charge in [-0.1, -0.05) is 5.21 Å². The number of morpholine rings is 1. The van der Waals surface area contributed by atoms with E-state index in [0.29, 0.717) is 34.6 Å². The number of hydrogen-bond donors (Lipinski definition) is 2. The van der Waals surface area contributed by atoms with Crippen molar-refractivity contribution in [2.24, 2.45) is 0 Å². The summed E-state index contributed by atoms with van der Waals surface area (Å²) >= 11 is 0. The number of ether oxygens (including phenoxy) is 1. The highest BCUT2D eigenvalue weighted by atomic mass is 19.1. The van der Waals surface area contributed by atoms with Crippen LogP contribution in [0.4, 0.5) is 15.8 Å². The van der Waals surface area contributed by atoms with E-state index >= 15 is 0 Å². The monoisotopic (exact) mass is 578 g/mol. The SMILES string of the molecule is Cc1cc(C(=O)Nc2cc(-n3cc(C(=O)NCCCN4CCOCC4)nn3)ccc2N2CCN(C)CC2)cc(C)c1F. The van der Waals surface area contributed by atoms with Gasteiger partial charge in [0, 0.05) is 51.4 Å². The summed E-state index contributed by atoms with van der Waals surface area (Å²) in [7, 11) is 2.09. The maximum Gasteiger partial charge on any atom is 0.273 e. The molecule has 2 fully saturated rings. The van der Waals surface area contributed by atoms with Crippen LogP contribution in [-0.2, 0) is 4.74 Å². The van der Waals surface area contributed by atoms with Gasteiger partial charge in [-0.25, -0.2) is 9.07 Å². The number of aromatic nitrogens is 3. The quantitative estimate of drug-likeness (QED) is 0.373. The molecule has 11 nitrogen and oxygen atoms in total. The molecule has 0 aliphatic carbocycles. The van der Waals surface area contributed by atoms with E-state index in [1.165, 1.54) is 4.68 Å². The Balaban J connectivity index is 1.31. The highest BCUT2D eigenvalue weighted by Crippen LogP contribution is 2.30. The molecule has 3 aromatic rings. The molecular weight excluding hydrogens is 539 g/mol. The van der Waals surface area contributed by atoms with E-state index in [0.717, 1.165) is 71.1 Å². The molecule has 1 aromatic heterocycles. The van der Waals surface area contributed by atoms with E-state index in [4.69, 9.17) is 4.74 Å². The summed E-state index contributed by atoms with van der Waals surface area (Å²) in [4.78, 5) is 32.9. The number of amides is 2. The van der Waals surface area contributed by atoms with E-state index in [1.54, 1.807) is 32.2 Å². The highest BCUT2D eigenvalue weighted by Gasteiger charge is 2.21. The Bertz CT molecular complexity index is 1390. The van der Waals surface area contributed by atoms with Crippen molar-refractivity contribution in [3.05, 3.63) is 64.7 Å². The zero-order chi connectivity index (χ0) is 29.6. The van der Waals surface area contributed by atoms with Gasteiger partial charge in [-0.2, -0.15) is 0 Å². The smallest absolute Gasteiger partial charge is 0.273 e. The Hall–Kier alpha value is -3.87. The summed E-state index contributed by atoms with van der Waals surface area (Å²) in [5, 5.41) is 14.2. The molecule has 2 N–H and O–H groups in total. The van der Waals surface area contributed by atoms with Gasteiger partial charge in [0.2, 0.25) is 0 Å². The first-order valence-corrected chi connectivity index (χ1v) is 14.4. The van der Waals surface area contributed by atoms with Crippen LogP contribution in [0.15, 0.2) is 36.5 Å². The molecule has 3 heterocycles. The first-order chi connectivity index (χ1) is 20.3. The number of halogens is 1. The van der Waals surface area contributed by atoms with E-state index < -0.39 is 0 Å². The molecule has 0 bridgehead atoms. The molecule has 224 valence electrons. The molecule has 42 heavy (non-hydrogen) atoms. The molecule has 5 rings (SSSR count). The maximum atomic E-state index is 14.2. The Labute approximate surface area is 245 Å². The van der Waals surface area contributed by atoms with Crippen molar-refractivity contribution < 1.29 is 18.7 Å². The molecule has 12 heteroatoms. The second-order valence-corrected chi connectivity index (χ2v) is 11.0. The van der Waals surface area contributed by atoms with Gasteiger partial charge < -0.3 is 25.2 Å². The molecule has 2 aliphatic heterocycles. The van der Waals surface area contributed by atoms with Gasteiger partial charge in [-0.15, -0.1) is 5.10 Å². The number of aryl methyl sites for hydroxylation is 2. The van der Waals surface area contributed by atoms with Gasteiger partial charge in [0.15, 0.2) is 5.69 Å². The standard InChI is InChI=1S/C30H39FN8O3/c1-21-17-23(18-22(2)28(21)31)29(40)33-25-19-24(5-6-27(25)38-11-9-36(3)10-12-38)39-20-26(34-35-39)30(41)32-7-4-8-37-13-15-42-16-14-37/h5-6,17-20H,4,7-16H2,1-3H3,(H,32,41)(H,33,40). The van der Waals surface area contributed by atoms with E-state index in [1.807, 2.05) is 18.2 Å². The van der Waals surface area contributed by atoms with Crippen molar-refractivity contribution in [3.63, 3.8) is 0 Å². The van der Waals surface area contributed by atoms with Crippen molar-refractivity contribution in [1.82, 2.24) is 30.1 Å².